The third-order valence-electron chi connectivity index (χ3n) is 10.3. The van der Waals surface area contributed by atoms with E-state index in [-0.39, 0.29) is 23.7 Å². The number of carboxylic acid groups (broad SMARTS) is 4. The highest BCUT2D eigenvalue weighted by Gasteiger charge is 2.44. The standard InChI is InChI=1S/C43H48Br2N4O10/c1-42(2)28-18-16-26(44)22-32(28)48(20-10-14-36(50)46-30(40(56)57)24-38(52)53)34(42)12-8-6-5-7-9-13-35-43(3,4)29-19-17-27(45)23-33(29)49(35)21-11-15-37(51)47-31(41(58)59)25-39(54)55/h5-9,12-13,16-19,22-23,30-31H,10-11,14-15,20-21,24-25H2,1-4H3,(H5-,46,47,50,51,52,53,54,55,56,57,58,59)/p+1/t30-,31-/m0/s1. The highest BCUT2D eigenvalue weighted by atomic mass is 79.9. The van der Waals surface area contributed by atoms with Crippen molar-refractivity contribution in [2.24, 2.45) is 0 Å². The minimum atomic E-state index is -1.51. The molecule has 0 spiro atoms. The number of carboxylic acids is 4. The van der Waals surface area contributed by atoms with Crippen LogP contribution in [0.3, 0.4) is 0 Å². The van der Waals surface area contributed by atoms with E-state index in [0.29, 0.717) is 25.9 Å². The Hall–Kier alpha value is -5.35. The van der Waals surface area contributed by atoms with Crippen molar-refractivity contribution in [3.8, 4) is 0 Å². The molecule has 0 aromatic heterocycles. The van der Waals surface area contributed by atoms with E-state index >= 15 is 0 Å². The van der Waals surface area contributed by atoms with Gasteiger partial charge in [0.05, 0.1) is 18.3 Å². The Morgan fingerprint density at radius 2 is 1.24 bits per heavy atom. The number of aliphatic carboxylic acids is 4. The summed E-state index contributed by atoms with van der Waals surface area (Å²) in [4.78, 5) is 72.3. The van der Waals surface area contributed by atoms with Gasteiger partial charge in [-0.15, -0.1) is 0 Å². The summed E-state index contributed by atoms with van der Waals surface area (Å²) in [6, 6.07) is 9.12. The van der Waals surface area contributed by atoms with Crippen LogP contribution in [0.25, 0.3) is 0 Å². The van der Waals surface area contributed by atoms with Crippen molar-refractivity contribution in [1.82, 2.24) is 10.6 Å². The molecule has 0 aliphatic carbocycles. The monoisotopic (exact) mass is 939 g/mol. The topological polar surface area (TPSA) is 214 Å². The molecule has 314 valence electrons. The van der Waals surface area contributed by atoms with Crippen LogP contribution in [0.5, 0.6) is 0 Å². The third-order valence-corrected chi connectivity index (χ3v) is 11.2. The van der Waals surface area contributed by atoms with E-state index in [1.54, 1.807) is 0 Å². The summed E-state index contributed by atoms with van der Waals surface area (Å²) in [6.45, 7) is 9.39. The molecule has 0 saturated carbocycles. The van der Waals surface area contributed by atoms with Gasteiger partial charge in [0.2, 0.25) is 17.5 Å². The van der Waals surface area contributed by atoms with Crippen molar-refractivity contribution in [2.75, 3.05) is 18.0 Å². The second kappa shape index (κ2) is 20.1. The fraction of sp³-hybridized carbons (Fsp3) is 0.372. The van der Waals surface area contributed by atoms with E-state index in [1.165, 1.54) is 0 Å². The molecule has 2 amide bonds. The Labute approximate surface area is 359 Å². The predicted octanol–water partition coefficient (Wildman–Crippen LogP) is 6.59. The van der Waals surface area contributed by atoms with Crippen LogP contribution in [0.15, 0.2) is 93.6 Å². The number of amides is 2. The van der Waals surface area contributed by atoms with Crippen LogP contribution in [-0.4, -0.2) is 91.6 Å². The molecule has 0 fully saturated rings. The number of benzene rings is 2. The van der Waals surface area contributed by atoms with Crippen molar-refractivity contribution in [2.45, 2.75) is 89.1 Å². The summed E-state index contributed by atoms with van der Waals surface area (Å²) in [5, 5.41) is 41.2. The molecule has 0 radical (unpaired) electrons. The van der Waals surface area contributed by atoms with E-state index in [4.69, 9.17) is 10.2 Å². The van der Waals surface area contributed by atoms with Gasteiger partial charge in [0, 0.05) is 69.3 Å². The molecule has 2 aromatic carbocycles. The molecule has 0 unspecified atom stereocenters. The van der Waals surface area contributed by atoms with Gasteiger partial charge < -0.3 is 36.0 Å². The Morgan fingerprint density at radius 3 is 1.81 bits per heavy atom. The van der Waals surface area contributed by atoms with Gasteiger partial charge in [-0.1, -0.05) is 88.2 Å². The molecule has 2 aromatic rings. The molecular formula is C43H49Br2N4O10+. The summed E-state index contributed by atoms with van der Waals surface area (Å²) in [5.41, 5.74) is 5.41. The third kappa shape index (κ3) is 11.9. The molecule has 4 rings (SSSR count). The predicted molar refractivity (Wildman–Crippen MR) is 229 cm³/mol. The second-order valence-corrected chi connectivity index (χ2v) is 17.1. The first-order chi connectivity index (χ1) is 27.7. The number of carbonyl (C=O) groups is 6. The summed E-state index contributed by atoms with van der Waals surface area (Å²) in [7, 11) is 0. The molecule has 14 nitrogen and oxygen atoms in total. The summed E-state index contributed by atoms with van der Waals surface area (Å²) >= 11 is 7.14. The minimum Gasteiger partial charge on any atom is -0.481 e. The van der Waals surface area contributed by atoms with Gasteiger partial charge in [-0.2, -0.15) is 4.58 Å². The quantitative estimate of drug-likeness (QED) is 0.0616. The minimum absolute atomic E-state index is 0.00853. The first-order valence-corrected chi connectivity index (χ1v) is 20.5. The molecule has 2 heterocycles. The fourth-order valence-corrected chi connectivity index (χ4v) is 8.06. The van der Waals surface area contributed by atoms with Gasteiger partial charge in [-0.3, -0.25) is 19.2 Å². The molecule has 2 aliphatic heterocycles. The molecule has 2 atom stereocenters. The average molecular weight is 942 g/mol. The maximum atomic E-state index is 12.6. The number of allylic oxidation sites excluding steroid dienone is 8. The normalized spacial score (nSPS) is 17.1. The maximum Gasteiger partial charge on any atom is 0.326 e. The van der Waals surface area contributed by atoms with Crippen LogP contribution in [0.2, 0.25) is 0 Å². The molecule has 59 heavy (non-hydrogen) atoms. The second-order valence-electron chi connectivity index (χ2n) is 15.3. The zero-order chi connectivity index (χ0) is 43.7. The van der Waals surface area contributed by atoms with Gasteiger partial charge in [-0.05, 0) is 50.1 Å². The zero-order valence-electron chi connectivity index (χ0n) is 33.2. The van der Waals surface area contributed by atoms with Gasteiger partial charge >= 0.3 is 23.9 Å². The van der Waals surface area contributed by atoms with Crippen LogP contribution in [0.1, 0.15) is 77.3 Å². The van der Waals surface area contributed by atoms with E-state index < -0.39 is 60.6 Å². The number of anilines is 1. The molecule has 6 N–H and O–H groups in total. The van der Waals surface area contributed by atoms with Crippen LogP contribution in [0.4, 0.5) is 11.4 Å². The molecule has 0 saturated heterocycles. The first-order valence-electron chi connectivity index (χ1n) is 19.0. The molecule has 0 bridgehead atoms. The lowest BCUT2D eigenvalue weighted by Gasteiger charge is -2.27. The van der Waals surface area contributed by atoms with Crippen molar-refractivity contribution >= 4 is 84.6 Å². The van der Waals surface area contributed by atoms with Crippen LogP contribution < -0.4 is 15.5 Å². The lowest BCUT2D eigenvalue weighted by molar-refractivity contribution is -0.438. The van der Waals surface area contributed by atoms with E-state index in [2.05, 4.69) is 91.8 Å². The number of fused-ring (bicyclic) bond motifs is 2. The highest BCUT2D eigenvalue weighted by Crippen LogP contribution is 2.48. The van der Waals surface area contributed by atoms with Gasteiger partial charge in [0.25, 0.3) is 0 Å². The fourth-order valence-electron chi connectivity index (χ4n) is 7.37. The van der Waals surface area contributed by atoms with Crippen molar-refractivity contribution in [3.63, 3.8) is 0 Å². The Morgan fingerprint density at radius 1 is 0.712 bits per heavy atom. The molecule has 2 aliphatic rings. The van der Waals surface area contributed by atoms with Crippen LogP contribution >= 0.6 is 31.9 Å². The maximum absolute atomic E-state index is 12.6. The number of carbonyl (C=O) groups excluding carboxylic acids is 2. The number of rotatable bonds is 20. The Kier molecular flexibility index (Phi) is 15.8. The average Bonchev–Trinajstić information content (AvgIpc) is 3.47. The lowest BCUT2D eigenvalue weighted by atomic mass is 9.81. The largest absolute Gasteiger partial charge is 0.481 e. The summed E-state index contributed by atoms with van der Waals surface area (Å²) in [5.74, 6) is -6.53. The Bertz CT molecular complexity index is 2150. The van der Waals surface area contributed by atoms with Gasteiger partial charge in [-0.25, -0.2) is 9.59 Å². The SMILES string of the molecule is CC1(C)C(/C=C/C=C/C=C/C=C2/N(CCCC(=O)N[C@@H](CC(=O)O)C(=O)O)c3cc(Br)ccc3C2(C)C)=[N+](CCCC(=O)N[C@@H](CC(=O)O)C(=O)O)c2cc(Br)ccc21. The van der Waals surface area contributed by atoms with Crippen LogP contribution in [0, 0.1) is 0 Å². The molecule has 16 heteroatoms. The lowest BCUT2D eigenvalue weighted by Crippen LogP contribution is -2.42. The van der Waals surface area contributed by atoms with Gasteiger partial charge in [0.1, 0.15) is 18.6 Å². The van der Waals surface area contributed by atoms with Crippen molar-refractivity contribution in [3.05, 3.63) is 105 Å². The number of halogens is 2. The van der Waals surface area contributed by atoms with Crippen molar-refractivity contribution in [1.29, 1.82) is 0 Å². The first kappa shape index (κ1) is 46.3. The number of hydrogen-bond donors (Lipinski definition) is 6. The number of nitrogens with zero attached hydrogens (tertiary/aromatic N) is 2. The number of nitrogens with one attached hydrogen (secondary N) is 2. The van der Waals surface area contributed by atoms with Crippen molar-refractivity contribution < 1.29 is 53.8 Å². The summed E-state index contributed by atoms with van der Waals surface area (Å²) in [6.07, 6.45) is 13.0. The smallest absolute Gasteiger partial charge is 0.326 e. The Balaban J connectivity index is 1.49. The van der Waals surface area contributed by atoms with E-state index in [9.17, 15) is 39.0 Å². The van der Waals surface area contributed by atoms with E-state index in [1.807, 2.05) is 66.8 Å². The van der Waals surface area contributed by atoms with E-state index in [0.717, 1.165) is 42.9 Å². The molecular weight excluding hydrogens is 892 g/mol. The van der Waals surface area contributed by atoms with Crippen LogP contribution in [-0.2, 0) is 39.6 Å². The highest BCUT2D eigenvalue weighted by molar-refractivity contribution is 9.10. The van der Waals surface area contributed by atoms with Gasteiger partial charge in [0.15, 0.2) is 5.71 Å². The summed E-state index contributed by atoms with van der Waals surface area (Å²) < 4.78 is 3.93. The zero-order valence-corrected chi connectivity index (χ0v) is 36.4. The number of hydrogen-bond acceptors (Lipinski definition) is 7.